The van der Waals surface area contributed by atoms with Gasteiger partial charge in [-0.05, 0) is 37.5 Å². The molecular weight excluding hydrogens is 346 g/mol. The van der Waals surface area contributed by atoms with E-state index in [-0.39, 0.29) is 5.91 Å². The molecule has 1 aliphatic heterocycles. The third-order valence-electron chi connectivity index (χ3n) is 5.09. The third kappa shape index (κ3) is 3.93. The number of carbonyl (C=O) groups excluding carboxylic acids is 1. The highest BCUT2D eigenvalue weighted by molar-refractivity contribution is 8.00. The Kier molecular flexibility index (Phi) is 5.67. The lowest BCUT2D eigenvalue weighted by molar-refractivity contribution is -0.147. The first-order valence-electron chi connectivity index (χ1n) is 8.77. The van der Waals surface area contributed by atoms with Crippen LogP contribution in [-0.4, -0.2) is 40.7 Å². The van der Waals surface area contributed by atoms with Gasteiger partial charge in [-0.1, -0.05) is 48.0 Å². The van der Waals surface area contributed by atoms with Gasteiger partial charge in [0.25, 0.3) is 0 Å². The van der Waals surface area contributed by atoms with Gasteiger partial charge >= 0.3 is 5.97 Å². The smallest absolute Gasteiger partial charge is 0.314 e. The first kappa shape index (κ1) is 18.5. The second-order valence-electron chi connectivity index (χ2n) is 6.74. The second kappa shape index (κ2) is 7.96. The number of carbonyl (C=O) groups is 2. The minimum atomic E-state index is -0.887. The van der Waals surface area contributed by atoms with E-state index < -0.39 is 11.4 Å². The van der Waals surface area contributed by atoms with Crippen LogP contribution in [0, 0.1) is 6.92 Å². The number of likely N-dealkylation sites (tertiary alicyclic amines) is 1. The summed E-state index contributed by atoms with van der Waals surface area (Å²) in [5, 5.41) is 9.83. The van der Waals surface area contributed by atoms with Crippen molar-refractivity contribution in [2.45, 2.75) is 30.1 Å². The zero-order chi connectivity index (χ0) is 18.6. The summed E-state index contributed by atoms with van der Waals surface area (Å²) < 4.78 is 0. The van der Waals surface area contributed by atoms with Gasteiger partial charge in [-0.2, -0.15) is 0 Å². The molecule has 1 aliphatic rings. The Morgan fingerprint density at radius 2 is 1.65 bits per heavy atom. The standard InChI is InChI=1S/C21H23NO3S/c1-16-7-9-18(10-8-16)26-15-19(23)22-13-11-21(12-14-22,20(24)25)17-5-3-2-4-6-17/h2-10H,11-15H2,1H3,(H,24,25). The Hall–Kier alpha value is -2.27. The number of thioether (sulfide) groups is 1. The van der Waals surface area contributed by atoms with Crippen molar-refractivity contribution in [1.82, 2.24) is 4.90 Å². The monoisotopic (exact) mass is 369 g/mol. The van der Waals surface area contributed by atoms with E-state index in [0.717, 1.165) is 10.5 Å². The SMILES string of the molecule is Cc1ccc(SCC(=O)N2CCC(C(=O)O)(c3ccccc3)CC2)cc1. The van der Waals surface area contributed by atoms with Gasteiger partial charge in [0.05, 0.1) is 11.2 Å². The van der Waals surface area contributed by atoms with E-state index in [9.17, 15) is 14.7 Å². The van der Waals surface area contributed by atoms with Crippen molar-refractivity contribution in [3.05, 3.63) is 65.7 Å². The van der Waals surface area contributed by atoms with Crippen LogP contribution in [0.3, 0.4) is 0 Å². The van der Waals surface area contributed by atoms with Crippen molar-refractivity contribution in [2.24, 2.45) is 0 Å². The van der Waals surface area contributed by atoms with E-state index in [0.29, 0.717) is 31.7 Å². The van der Waals surface area contributed by atoms with E-state index in [1.165, 1.54) is 17.3 Å². The minimum absolute atomic E-state index is 0.0719. The lowest BCUT2D eigenvalue weighted by Crippen LogP contribution is -2.49. The summed E-state index contributed by atoms with van der Waals surface area (Å²) >= 11 is 1.53. The zero-order valence-electron chi connectivity index (χ0n) is 14.9. The van der Waals surface area contributed by atoms with E-state index in [4.69, 9.17) is 0 Å². The second-order valence-corrected chi connectivity index (χ2v) is 7.78. The van der Waals surface area contributed by atoms with Crippen molar-refractivity contribution < 1.29 is 14.7 Å². The van der Waals surface area contributed by atoms with Crippen LogP contribution in [0.5, 0.6) is 0 Å². The third-order valence-corrected chi connectivity index (χ3v) is 6.09. The fraction of sp³-hybridized carbons (Fsp3) is 0.333. The Morgan fingerprint density at radius 1 is 1.04 bits per heavy atom. The molecule has 1 saturated heterocycles. The minimum Gasteiger partial charge on any atom is -0.481 e. The highest BCUT2D eigenvalue weighted by Gasteiger charge is 2.43. The molecule has 1 heterocycles. The number of amides is 1. The van der Waals surface area contributed by atoms with Crippen LogP contribution < -0.4 is 0 Å². The summed E-state index contributed by atoms with van der Waals surface area (Å²) in [6.45, 7) is 3.00. The molecule has 2 aromatic carbocycles. The normalized spacial score (nSPS) is 16.3. The number of hydrogen-bond donors (Lipinski definition) is 1. The number of aryl methyl sites for hydroxylation is 1. The Balaban J connectivity index is 1.60. The number of aliphatic carboxylic acids is 1. The predicted molar refractivity (Wildman–Crippen MR) is 103 cm³/mol. The molecule has 0 bridgehead atoms. The van der Waals surface area contributed by atoms with Gasteiger partial charge in [0, 0.05) is 18.0 Å². The Morgan fingerprint density at radius 3 is 2.23 bits per heavy atom. The van der Waals surface area contributed by atoms with Gasteiger partial charge < -0.3 is 10.0 Å². The van der Waals surface area contributed by atoms with E-state index in [1.54, 1.807) is 4.90 Å². The number of benzene rings is 2. The maximum Gasteiger partial charge on any atom is 0.314 e. The van der Waals surface area contributed by atoms with Crippen LogP contribution in [-0.2, 0) is 15.0 Å². The zero-order valence-corrected chi connectivity index (χ0v) is 15.7. The Bertz CT molecular complexity index is 766. The number of carboxylic acid groups (broad SMARTS) is 1. The summed E-state index contributed by atoms with van der Waals surface area (Å²) in [7, 11) is 0. The molecule has 136 valence electrons. The predicted octanol–water partition coefficient (Wildman–Crippen LogP) is 3.73. The van der Waals surface area contributed by atoms with Gasteiger partial charge in [-0.25, -0.2) is 0 Å². The quantitative estimate of drug-likeness (QED) is 0.816. The fourth-order valence-electron chi connectivity index (χ4n) is 3.39. The van der Waals surface area contributed by atoms with E-state index in [1.807, 2.05) is 61.5 Å². The van der Waals surface area contributed by atoms with Gasteiger partial charge in [0.1, 0.15) is 0 Å². The largest absolute Gasteiger partial charge is 0.481 e. The molecule has 1 N–H and O–H groups in total. The number of nitrogens with zero attached hydrogens (tertiary/aromatic N) is 1. The highest BCUT2D eigenvalue weighted by Crippen LogP contribution is 2.36. The van der Waals surface area contributed by atoms with Crippen LogP contribution in [0.1, 0.15) is 24.0 Å². The van der Waals surface area contributed by atoms with Crippen LogP contribution in [0.15, 0.2) is 59.5 Å². The number of piperidine rings is 1. The van der Waals surface area contributed by atoms with Gasteiger partial charge in [0.15, 0.2) is 0 Å². The maximum absolute atomic E-state index is 12.5. The molecule has 0 radical (unpaired) electrons. The average Bonchev–Trinajstić information content (AvgIpc) is 2.68. The van der Waals surface area contributed by atoms with Gasteiger partial charge in [-0.3, -0.25) is 9.59 Å². The summed E-state index contributed by atoms with van der Waals surface area (Å²) in [4.78, 5) is 27.4. The van der Waals surface area contributed by atoms with Crippen molar-refractivity contribution in [3.8, 4) is 0 Å². The Labute approximate surface area is 158 Å². The molecule has 2 aromatic rings. The summed E-state index contributed by atoms with van der Waals surface area (Å²) in [6, 6.07) is 17.5. The number of hydrogen-bond acceptors (Lipinski definition) is 3. The summed E-state index contributed by atoms with van der Waals surface area (Å²) in [5.74, 6) is -0.346. The summed E-state index contributed by atoms with van der Waals surface area (Å²) in [5.41, 5.74) is 1.14. The lowest BCUT2D eigenvalue weighted by atomic mass is 9.73. The molecular formula is C21H23NO3S. The van der Waals surface area contributed by atoms with Crippen molar-refractivity contribution in [1.29, 1.82) is 0 Å². The molecule has 1 fully saturated rings. The van der Waals surface area contributed by atoms with Crippen LogP contribution in [0.25, 0.3) is 0 Å². The van der Waals surface area contributed by atoms with E-state index in [2.05, 4.69) is 0 Å². The topological polar surface area (TPSA) is 57.6 Å². The van der Waals surface area contributed by atoms with Crippen molar-refractivity contribution in [3.63, 3.8) is 0 Å². The molecule has 0 unspecified atom stereocenters. The molecule has 1 amide bonds. The number of rotatable bonds is 5. The first-order valence-corrected chi connectivity index (χ1v) is 9.76. The highest BCUT2D eigenvalue weighted by atomic mass is 32.2. The van der Waals surface area contributed by atoms with Crippen LogP contribution in [0.2, 0.25) is 0 Å². The molecule has 0 atom stereocenters. The van der Waals surface area contributed by atoms with Crippen LogP contribution in [0.4, 0.5) is 0 Å². The molecule has 0 spiro atoms. The van der Waals surface area contributed by atoms with Crippen molar-refractivity contribution in [2.75, 3.05) is 18.8 Å². The van der Waals surface area contributed by atoms with Gasteiger partial charge in [0.2, 0.25) is 5.91 Å². The average molecular weight is 369 g/mol. The molecule has 3 rings (SSSR count). The summed E-state index contributed by atoms with van der Waals surface area (Å²) in [6.07, 6.45) is 0.903. The molecule has 0 aliphatic carbocycles. The maximum atomic E-state index is 12.5. The first-order chi connectivity index (χ1) is 12.5. The van der Waals surface area contributed by atoms with Crippen LogP contribution >= 0.6 is 11.8 Å². The molecule has 4 nitrogen and oxygen atoms in total. The molecule has 26 heavy (non-hydrogen) atoms. The lowest BCUT2D eigenvalue weighted by Gasteiger charge is -2.39. The molecule has 0 saturated carbocycles. The van der Waals surface area contributed by atoms with Gasteiger partial charge in [-0.15, -0.1) is 11.8 Å². The fourth-order valence-corrected chi connectivity index (χ4v) is 4.19. The van der Waals surface area contributed by atoms with E-state index >= 15 is 0 Å². The number of carboxylic acids is 1. The van der Waals surface area contributed by atoms with Crippen molar-refractivity contribution >= 4 is 23.6 Å². The molecule has 5 heteroatoms. The molecule has 0 aromatic heterocycles.